The summed E-state index contributed by atoms with van der Waals surface area (Å²) in [5.74, 6) is -0.0294. The maximum atomic E-state index is 13.1. The van der Waals surface area contributed by atoms with Crippen LogP contribution in [0.15, 0.2) is 60.8 Å². The van der Waals surface area contributed by atoms with E-state index in [1.54, 1.807) is 18.8 Å². The molecule has 2 aromatic carbocycles. The van der Waals surface area contributed by atoms with Crippen molar-refractivity contribution in [2.75, 3.05) is 198 Å². The Hall–Kier alpha value is -4.89. The molecule has 2 aliphatic heterocycles. The van der Waals surface area contributed by atoms with Gasteiger partial charge in [-0.15, -0.1) is 5.10 Å². The van der Waals surface area contributed by atoms with E-state index in [0.717, 1.165) is 55.8 Å². The number of benzene rings is 2. The second-order valence-electron chi connectivity index (χ2n) is 17.6. The highest BCUT2D eigenvalue weighted by molar-refractivity contribution is 5.89. The zero-order valence-corrected chi connectivity index (χ0v) is 46.0. The van der Waals surface area contributed by atoms with Gasteiger partial charge in [0.15, 0.2) is 0 Å². The Morgan fingerprint density at radius 2 is 1.06 bits per heavy atom. The zero-order chi connectivity index (χ0) is 54.6. The first-order valence-corrected chi connectivity index (χ1v) is 27.1. The Morgan fingerprint density at radius 3 is 1.56 bits per heavy atom. The lowest BCUT2D eigenvalue weighted by molar-refractivity contribution is -0.121. The minimum atomic E-state index is -0.128. The molecule has 0 atom stereocenters. The third-order valence-corrected chi connectivity index (χ3v) is 11.9. The van der Waals surface area contributed by atoms with Gasteiger partial charge < -0.3 is 82.2 Å². The number of likely N-dealkylation sites (tertiary alicyclic amines) is 1. The Morgan fingerprint density at radius 1 is 0.584 bits per heavy atom. The zero-order valence-electron chi connectivity index (χ0n) is 46.0. The van der Waals surface area contributed by atoms with Crippen LogP contribution < -0.4 is 10.6 Å². The predicted molar refractivity (Wildman–Crippen MR) is 288 cm³/mol. The minimum absolute atomic E-state index is 0.0294. The summed E-state index contributed by atoms with van der Waals surface area (Å²) in [4.78, 5) is 42.7. The van der Waals surface area contributed by atoms with Crippen LogP contribution in [0.2, 0.25) is 0 Å². The number of rotatable bonds is 43. The standard InChI is InChI=1S/C33H45N7O6.C21H43NO9/c1-43-19-20-45-23-24-46-22-21-44-18-17-39-26-31(35-36-39)28-7-9-29(10-8-28)34-32(41)37-13-11-30(12-14-37)40-16-15-38(33(40)42)25-27-5-3-2-4-6-27;1-3-5-24-7-9-26-11-13-28-15-17-30-19-20-31-18-16-29-14-12-27-10-8-25-6-4-21(23)22-2/h2-10,26,30H,11-25H2,1H3,(H,34,41);3-20H2,1-2H3,(H,22,23). The highest BCUT2D eigenvalue weighted by Gasteiger charge is 2.36. The van der Waals surface area contributed by atoms with Crippen LogP contribution in [0.4, 0.5) is 15.3 Å². The second kappa shape index (κ2) is 43.0. The maximum absolute atomic E-state index is 13.1. The number of amides is 5. The van der Waals surface area contributed by atoms with Crippen molar-refractivity contribution in [2.24, 2.45) is 0 Å². The lowest BCUT2D eigenvalue weighted by atomic mass is 10.0. The number of ether oxygens (including phenoxy) is 12. The fourth-order valence-corrected chi connectivity index (χ4v) is 7.66. The van der Waals surface area contributed by atoms with Crippen molar-refractivity contribution in [1.82, 2.24) is 35.0 Å². The highest BCUT2D eigenvalue weighted by atomic mass is 16.6. The van der Waals surface area contributed by atoms with Crippen LogP contribution in [0, 0.1) is 0 Å². The number of nitrogens with one attached hydrogen (secondary N) is 2. The summed E-state index contributed by atoms with van der Waals surface area (Å²) >= 11 is 0. The molecular weight excluding hydrogens is 1000 g/mol. The van der Waals surface area contributed by atoms with Crippen molar-refractivity contribution >= 4 is 23.7 Å². The van der Waals surface area contributed by atoms with Gasteiger partial charge in [-0.2, -0.15) is 0 Å². The van der Waals surface area contributed by atoms with E-state index < -0.39 is 0 Å². The molecule has 3 aromatic rings. The Kier molecular flexibility index (Phi) is 36.1. The fourth-order valence-electron chi connectivity index (χ4n) is 7.66. The summed E-state index contributed by atoms with van der Waals surface area (Å²) in [6, 6.07) is 17.8. The van der Waals surface area contributed by atoms with Gasteiger partial charge in [-0.05, 0) is 37.0 Å². The van der Waals surface area contributed by atoms with Crippen molar-refractivity contribution in [3.05, 3.63) is 66.4 Å². The Bertz CT molecular complexity index is 1930. The summed E-state index contributed by atoms with van der Waals surface area (Å²) in [6.07, 6.45) is 4.82. The first-order chi connectivity index (χ1) is 37.9. The van der Waals surface area contributed by atoms with Gasteiger partial charge in [0.25, 0.3) is 0 Å². The summed E-state index contributed by atoms with van der Waals surface area (Å²) < 4.78 is 66.1. The molecule has 23 nitrogen and oxygen atoms in total. The summed E-state index contributed by atoms with van der Waals surface area (Å²) in [6.45, 7) is 18.3. The van der Waals surface area contributed by atoms with Crippen LogP contribution >= 0.6 is 0 Å². The molecule has 77 heavy (non-hydrogen) atoms. The number of anilines is 1. The van der Waals surface area contributed by atoms with Gasteiger partial charge in [-0.1, -0.05) is 54.6 Å². The molecule has 434 valence electrons. The second-order valence-corrected chi connectivity index (χ2v) is 17.6. The van der Waals surface area contributed by atoms with Crippen LogP contribution in [0.1, 0.15) is 38.2 Å². The molecule has 0 bridgehead atoms. The lowest BCUT2D eigenvalue weighted by Gasteiger charge is -2.36. The topological polar surface area (TPSA) is 226 Å². The molecule has 2 fully saturated rings. The smallest absolute Gasteiger partial charge is 0.321 e. The van der Waals surface area contributed by atoms with E-state index in [2.05, 4.69) is 27.9 Å². The molecule has 2 N–H and O–H groups in total. The number of nitrogens with zero attached hydrogens (tertiary/aromatic N) is 6. The lowest BCUT2D eigenvalue weighted by Crippen LogP contribution is -2.49. The number of methoxy groups -OCH3 is 1. The molecule has 0 aliphatic carbocycles. The molecule has 2 aliphatic rings. The van der Waals surface area contributed by atoms with Gasteiger partial charge in [0.1, 0.15) is 5.69 Å². The molecule has 3 heterocycles. The average Bonchev–Trinajstić information content (AvgIpc) is 4.09. The molecule has 0 spiro atoms. The van der Waals surface area contributed by atoms with Crippen molar-refractivity contribution in [3.8, 4) is 11.3 Å². The summed E-state index contributed by atoms with van der Waals surface area (Å²) in [7, 11) is 3.25. The molecule has 23 heteroatoms. The predicted octanol–water partition coefficient (Wildman–Crippen LogP) is 4.24. The number of hydrogen-bond donors (Lipinski definition) is 2. The van der Waals surface area contributed by atoms with Crippen molar-refractivity contribution in [2.45, 2.75) is 51.7 Å². The molecule has 1 aromatic heterocycles. The Balaban J connectivity index is 0.000000362. The Labute approximate surface area is 455 Å². The van der Waals surface area contributed by atoms with E-state index >= 15 is 0 Å². The van der Waals surface area contributed by atoms with Crippen LogP contribution in [-0.4, -0.2) is 246 Å². The number of carbonyl (C=O) groups excluding carboxylic acids is 3. The maximum Gasteiger partial charge on any atom is 0.321 e. The number of carbonyl (C=O) groups is 3. The third-order valence-electron chi connectivity index (χ3n) is 11.9. The van der Waals surface area contributed by atoms with Gasteiger partial charge in [0, 0.05) is 77.2 Å². The van der Waals surface area contributed by atoms with E-state index in [4.69, 9.17) is 56.8 Å². The average molecular weight is 1090 g/mol. The SMILES string of the molecule is CCCOCCOCCOCCOCCOCCOCCOCCOCCC(=O)NC.COCCOCCOCCOCCn1cc(-c2ccc(NC(=O)N3CCC(N4CCN(Cc5ccccc5)C4=O)CC3)cc2)nn1. The normalized spacial score (nSPS) is 13.8. The number of aromatic nitrogens is 3. The minimum Gasteiger partial charge on any atom is -0.382 e. The van der Waals surface area contributed by atoms with E-state index in [9.17, 15) is 14.4 Å². The summed E-state index contributed by atoms with van der Waals surface area (Å²) in [5, 5.41) is 14.0. The van der Waals surface area contributed by atoms with Crippen LogP contribution in [-0.2, 0) is 74.7 Å². The van der Waals surface area contributed by atoms with Crippen LogP contribution in [0.3, 0.4) is 0 Å². The summed E-state index contributed by atoms with van der Waals surface area (Å²) in [5.41, 5.74) is 3.50. The van der Waals surface area contributed by atoms with E-state index in [-0.39, 0.29) is 24.0 Å². The monoisotopic (exact) mass is 1090 g/mol. The molecule has 5 amide bonds. The first-order valence-electron chi connectivity index (χ1n) is 27.1. The van der Waals surface area contributed by atoms with Crippen LogP contribution in [0.5, 0.6) is 0 Å². The van der Waals surface area contributed by atoms with E-state index in [1.165, 1.54) is 0 Å². The largest absolute Gasteiger partial charge is 0.382 e. The van der Waals surface area contributed by atoms with Crippen molar-refractivity contribution < 1.29 is 71.2 Å². The number of hydrogen-bond acceptors (Lipinski definition) is 17. The first kappa shape index (κ1) is 64.6. The molecule has 2 saturated heterocycles. The highest BCUT2D eigenvalue weighted by Crippen LogP contribution is 2.24. The third kappa shape index (κ3) is 29.6. The molecule has 0 saturated carbocycles. The molecule has 5 rings (SSSR count). The van der Waals surface area contributed by atoms with Crippen molar-refractivity contribution in [1.29, 1.82) is 0 Å². The van der Waals surface area contributed by atoms with Gasteiger partial charge in [-0.25, -0.2) is 14.3 Å². The van der Waals surface area contributed by atoms with E-state index in [1.807, 2.05) is 75.5 Å². The van der Waals surface area contributed by atoms with Crippen molar-refractivity contribution in [3.63, 3.8) is 0 Å². The molecule has 0 radical (unpaired) electrons. The number of urea groups is 2. The number of piperidine rings is 1. The van der Waals surface area contributed by atoms with Gasteiger partial charge >= 0.3 is 12.1 Å². The van der Waals surface area contributed by atoms with Crippen LogP contribution in [0.25, 0.3) is 11.3 Å². The molecule has 0 unspecified atom stereocenters. The quantitative estimate of drug-likeness (QED) is 0.0756. The van der Waals surface area contributed by atoms with E-state index in [0.29, 0.717) is 184 Å². The van der Waals surface area contributed by atoms with Gasteiger partial charge in [0.05, 0.1) is 158 Å². The fraction of sp³-hybridized carbons (Fsp3) is 0.685. The molecular formula is C54H88N8O15. The van der Waals surface area contributed by atoms with Gasteiger partial charge in [0.2, 0.25) is 5.91 Å². The van der Waals surface area contributed by atoms with Gasteiger partial charge in [-0.3, -0.25) is 4.79 Å².